The van der Waals surface area contributed by atoms with Crippen LogP contribution in [0, 0.1) is 0 Å². The molecular formula is C13H25NO3S. The molecule has 0 amide bonds. The van der Waals surface area contributed by atoms with Crippen LogP contribution in [0.15, 0.2) is 0 Å². The van der Waals surface area contributed by atoms with E-state index in [-0.39, 0.29) is 22.6 Å². The first kappa shape index (κ1) is 14.3. The van der Waals surface area contributed by atoms with Gasteiger partial charge in [-0.1, -0.05) is 19.3 Å². The van der Waals surface area contributed by atoms with Crippen molar-refractivity contribution in [3.8, 4) is 0 Å². The summed E-state index contributed by atoms with van der Waals surface area (Å²) in [5.74, 6) is 0. The average Bonchev–Trinajstić information content (AvgIpc) is 2.65. The van der Waals surface area contributed by atoms with Gasteiger partial charge >= 0.3 is 0 Å². The third-order valence-electron chi connectivity index (χ3n) is 4.47. The molecule has 2 rings (SSSR count). The Kier molecular flexibility index (Phi) is 4.67. The van der Waals surface area contributed by atoms with E-state index < -0.39 is 9.84 Å². The van der Waals surface area contributed by atoms with Crippen LogP contribution in [0.1, 0.15) is 45.4 Å². The Hall–Kier alpha value is -0.130. The zero-order chi connectivity index (χ0) is 13.2. The molecule has 4 unspecified atom stereocenters. The molecule has 1 saturated carbocycles. The highest BCUT2D eigenvalue weighted by Crippen LogP contribution is 2.31. The molecule has 4 atom stereocenters. The number of nitrogens with one attached hydrogen (secondary N) is 1. The van der Waals surface area contributed by atoms with Crippen LogP contribution >= 0.6 is 0 Å². The van der Waals surface area contributed by atoms with Crippen LogP contribution in [0.2, 0.25) is 0 Å². The number of hydrogen-bond donors (Lipinski definition) is 1. The Labute approximate surface area is 110 Å². The van der Waals surface area contributed by atoms with Crippen LogP contribution in [0.4, 0.5) is 0 Å². The van der Waals surface area contributed by atoms with E-state index in [1.165, 1.54) is 0 Å². The van der Waals surface area contributed by atoms with Crippen molar-refractivity contribution in [1.29, 1.82) is 0 Å². The van der Waals surface area contributed by atoms with Crippen LogP contribution < -0.4 is 5.32 Å². The smallest absolute Gasteiger partial charge is 0.160 e. The SMILES string of the molecule is CNC1CCCCCC1S(=O)(=O)C1CCOC1C. The van der Waals surface area contributed by atoms with E-state index in [1.807, 2.05) is 14.0 Å². The Morgan fingerprint density at radius 3 is 2.39 bits per heavy atom. The summed E-state index contributed by atoms with van der Waals surface area (Å²) in [5, 5.41) is 2.70. The molecular weight excluding hydrogens is 250 g/mol. The second-order valence-electron chi connectivity index (χ2n) is 5.56. The molecule has 0 radical (unpaired) electrons. The zero-order valence-corrected chi connectivity index (χ0v) is 12.2. The first-order valence-corrected chi connectivity index (χ1v) is 8.70. The van der Waals surface area contributed by atoms with Crippen LogP contribution in [0.25, 0.3) is 0 Å². The maximum atomic E-state index is 12.8. The topological polar surface area (TPSA) is 55.4 Å². The second-order valence-corrected chi connectivity index (χ2v) is 7.95. The van der Waals surface area contributed by atoms with E-state index in [0.29, 0.717) is 13.0 Å². The summed E-state index contributed by atoms with van der Waals surface area (Å²) in [4.78, 5) is 0. The van der Waals surface area contributed by atoms with Crippen molar-refractivity contribution < 1.29 is 13.2 Å². The van der Waals surface area contributed by atoms with Gasteiger partial charge in [-0.15, -0.1) is 0 Å². The third-order valence-corrected chi connectivity index (χ3v) is 7.35. The molecule has 106 valence electrons. The van der Waals surface area contributed by atoms with E-state index in [2.05, 4.69) is 5.32 Å². The monoisotopic (exact) mass is 275 g/mol. The molecule has 2 fully saturated rings. The van der Waals surface area contributed by atoms with Gasteiger partial charge in [0, 0.05) is 12.6 Å². The molecule has 1 N–H and O–H groups in total. The molecule has 4 nitrogen and oxygen atoms in total. The van der Waals surface area contributed by atoms with Crippen LogP contribution in [-0.2, 0) is 14.6 Å². The second kappa shape index (κ2) is 5.88. The quantitative estimate of drug-likeness (QED) is 0.793. The Morgan fingerprint density at radius 1 is 1.06 bits per heavy atom. The van der Waals surface area contributed by atoms with E-state index in [9.17, 15) is 8.42 Å². The lowest BCUT2D eigenvalue weighted by Crippen LogP contribution is -2.47. The van der Waals surface area contributed by atoms with Gasteiger partial charge < -0.3 is 10.1 Å². The highest BCUT2D eigenvalue weighted by atomic mass is 32.2. The standard InChI is InChI=1S/C13H25NO3S/c1-10-12(8-9-17-10)18(15,16)13-7-5-3-4-6-11(13)14-2/h10-14H,3-9H2,1-2H3. The van der Waals surface area contributed by atoms with Crippen molar-refractivity contribution in [2.45, 2.75) is 68.1 Å². The summed E-state index contributed by atoms with van der Waals surface area (Å²) < 4.78 is 31.0. The van der Waals surface area contributed by atoms with Gasteiger partial charge in [0.2, 0.25) is 0 Å². The van der Waals surface area contributed by atoms with Crippen LogP contribution in [0.5, 0.6) is 0 Å². The number of rotatable bonds is 3. The van der Waals surface area contributed by atoms with Gasteiger partial charge in [-0.05, 0) is 33.2 Å². The maximum absolute atomic E-state index is 12.8. The summed E-state index contributed by atoms with van der Waals surface area (Å²) >= 11 is 0. The third kappa shape index (κ3) is 2.73. The Morgan fingerprint density at radius 2 is 1.78 bits per heavy atom. The molecule has 0 bridgehead atoms. The van der Waals surface area contributed by atoms with Crippen LogP contribution in [0.3, 0.4) is 0 Å². The lowest BCUT2D eigenvalue weighted by molar-refractivity contribution is 0.126. The summed E-state index contributed by atoms with van der Waals surface area (Å²) in [6.07, 6.45) is 5.62. The average molecular weight is 275 g/mol. The van der Waals surface area contributed by atoms with E-state index >= 15 is 0 Å². The fourth-order valence-corrected chi connectivity index (χ4v) is 6.08. The largest absolute Gasteiger partial charge is 0.377 e. The fraction of sp³-hybridized carbons (Fsp3) is 1.00. The van der Waals surface area contributed by atoms with Crippen molar-refractivity contribution >= 4 is 9.84 Å². The Balaban J connectivity index is 2.20. The molecule has 0 aromatic rings. The van der Waals surface area contributed by atoms with Gasteiger partial charge in [-0.2, -0.15) is 0 Å². The molecule has 2 aliphatic rings. The van der Waals surface area contributed by atoms with E-state index in [0.717, 1.165) is 32.1 Å². The lowest BCUT2D eigenvalue weighted by atomic mass is 10.1. The van der Waals surface area contributed by atoms with E-state index in [4.69, 9.17) is 4.74 Å². The van der Waals surface area contributed by atoms with Crippen molar-refractivity contribution in [3.05, 3.63) is 0 Å². The molecule has 0 spiro atoms. The van der Waals surface area contributed by atoms with Gasteiger partial charge in [0.15, 0.2) is 9.84 Å². The summed E-state index contributed by atoms with van der Waals surface area (Å²) in [6, 6.07) is 0.116. The first-order valence-electron chi connectivity index (χ1n) is 7.09. The molecule has 1 aliphatic carbocycles. The molecule has 1 saturated heterocycles. The summed E-state index contributed by atoms with van der Waals surface area (Å²) in [6.45, 7) is 2.47. The summed E-state index contributed by atoms with van der Waals surface area (Å²) in [5.41, 5.74) is 0. The molecule has 1 aliphatic heterocycles. The highest BCUT2D eigenvalue weighted by molar-refractivity contribution is 7.92. The van der Waals surface area contributed by atoms with E-state index in [1.54, 1.807) is 0 Å². The Bertz CT molecular complexity index is 368. The lowest BCUT2D eigenvalue weighted by Gasteiger charge is -2.28. The molecule has 5 heteroatoms. The maximum Gasteiger partial charge on any atom is 0.160 e. The molecule has 0 aromatic heterocycles. The minimum Gasteiger partial charge on any atom is -0.377 e. The minimum atomic E-state index is -3.08. The fourth-order valence-electron chi connectivity index (χ4n) is 3.37. The predicted octanol–water partition coefficient (Wildman–Crippen LogP) is 1.50. The highest BCUT2D eigenvalue weighted by Gasteiger charge is 2.43. The number of hydrogen-bond acceptors (Lipinski definition) is 4. The summed E-state index contributed by atoms with van der Waals surface area (Å²) in [7, 11) is -1.20. The van der Waals surface area contributed by atoms with Crippen molar-refractivity contribution in [2.24, 2.45) is 0 Å². The molecule has 0 aromatic carbocycles. The van der Waals surface area contributed by atoms with Crippen LogP contribution in [-0.4, -0.2) is 44.7 Å². The minimum absolute atomic E-state index is 0.116. The van der Waals surface area contributed by atoms with Crippen molar-refractivity contribution in [1.82, 2.24) is 5.32 Å². The number of sulfone groups is 1. The van der Waals surface area contributed by atoms with Crippen molar-refractivity contribution in [3.63, 3.8) is 0 Å². The van der Waals surface area contributed by atoms with Gasteiger partial charge in [-0.25, -0.2) is 8.42 Å². The zero-order valence-electron chi connectivity index (χ0n) is 11.4. The van der Waals surface area contributed by atoms with Crippen molar-refractivity contribution in [2.75, 3.05) is 13.7 Å². The van der Waals surface area contributed by atoms with Gasteiger partial charge in [-0.3, -0.25) is 0 Å². The first-order chi connectivity index (χ1) is 8.57. The van der Waals surface area contributed by atoms with Gasteiger partial charge in [0.1, 0.15) is 0 Å². The normalized spacial score (nSPS) is 38.6. The molecule has 18 heavy (non-hydrogen) atoms. The number of ether oxygens (including phenoxy) is 1. The van der Waals surface area contributed by atoms with Gasteiger partial charge in [0.05, 0.1) is 16.6 Å². The molecule has 1 heterocycles. The predicted molar refractivity (Wildman–Crippen MR) is 72.5 cm³/mol. The van der Waals surface area contributed by atoms with Gasteiger partial charge in [0.25, 0.3) is 0 Å².